The van der Waals surface area contributed by atoms with Crippen molar-refractivity contribution in [2.75, 3.05) is 6.61 Å². The summed E-state index contributed by atoms with van der Waals surface area (Å²) in [5, 5.41) is 33.0. The monoisotopic (exact) mass is 610 g/mol. The van der Waals surface area contributed by atoms with Crippen molar-refractivity contribution in [3.05, 3.63) is 12.2 Å². The fourth-order valence-corrected chi connectivity index (χ4v) is 5.83. The van der Waals surface area contributed by atoms with Gasteiger partial charge in [0.1, 0.15) is 6.10 Å². The lowest BCUT2D eigenvalue weighted by molar-refractivity contribution is -0.131. The molecule has 4 N–H and O–H groups in total. The van der Waals surface area contributed by atoms with E-state index < -0.39 is 24.2 Å². The number of aliphatic hydroxyl groups excluding tert-OH is 3. The zero-order valence-corrected chi connectivity index (χ0v) is 28.8. The van der Waals surface area contributed by atoms with E-state index in [4.69, 9.17) is 0 Å². The molecule has 0 aliphatic heterocycles. The molecule has 0 saturated carbocycles. The fraction of sp³-hybridized carbons (Fsp3) is 0.921. The molecule has 3 atom stereocenters. The molecule has 0 fully saturated rings. The Hall–Kier alpha value is -0.910. The van der Waals surface area contributed by atoms with Gasteiger partial charge in [-0.2, -0.15) is 0 Å². The van der Waals surface area contributed by atoms with Gasteiger partial charge in [0.15, 0.2) is 0 Å². The van der Waals surface area contributed by atoms with Crippen molar-refractivity contribution in [2.24, 2.45) is 0 Å². The highest BCUT2D eigenvalue weighted by Crippen LogP contribution is 2.15. The first-order valence-electron chi connectivity index (χ1n) is 19.0. The SMILES string of the molecule is CCCCCCCCCCCCC/C=C/[C@@H](O)[C@H](CO)NC(=O)C(O)CCCCCCCCCCCCCCCCCC. The van der Waals surface area contributed by atoms with Gasteiger partial charge in [0, 0.05) is 0 Å². The lowest BCUT2D eigenvalue weighted by Crippen LogP contribution is -2.48. The van der Waals surface area contributed by atoms with Gasteiger partial charge >= 0.3 is 0 Å². The number of unbranched alkanes of at least 4 members (excludes halogenated alkanes) is 26. The number of carbonyl (C=O) groups excluding carboxylic acids is 1. The minimum Gasteiger partial charge on any atom is -0.394 e. The number of hydrogen-bond donors (Lipinski definition) is 4. The first-order chi connectivity index (χ1) is 21.1. The third kappa shape index (κ3) is 29.6. The molecule has 256 valence electrons. The zero-order valence-electron chi connectivity index (χ0n) is 28.8. The predicted molar refractivity (Wildman–Crippen MR) is 185 cm³/mol. The van der Waals surface area contributed by atoms with E-state index in [-0.39, 0.29) is 6.61 Å². The molecular formula is C38H75NO4. The Bertz CT molecular complexity index is 596. The molecule has 0 aromatic carbocycles. The summed E-state index contributed by atoms with van der Waals surface area (Å²) >= 11 is 0. The van der Waals surface area contributed by atoms with Crippen LogP contribution < -0.4 is 5.32 Å². The quantitative estimate of drug-likeness (QED) is 0.0432. The molecule has 0 saturated heterocycles. The van der Waals surface area contributed by atoms with Gasteiger partial charge in [-0.15, -0.1) is 0 Å². The van der Waals surface area contributed by atoms with Gasteiger partial charge in [0.25, 0.3) is 0 Å². The number of rotatable bonds is 34. The van der Waals surface area contributed by atoms with Gasteiger partial charge < -0.3 is 20.6 Å². The maximum atomic E-state index is 12.4. The van der Waals surface area contributed by atoms with E-state index >= 15 is 0 Å². The fourth-order valence-electron chi connectivity index (χ4n) is 5.83. The summed E-state index contributed by atoms with van der Waals surface area (Å²) in [6.07, 6.45) is 37.9. The molecule has 0 heterocycles. The summed E-state index contributed by atoms with van der Waals surface area (Å²) in [5.74, 6) is -0.502. The summed E-state index contributed by atoms with van der Waals surface area (Å²) in [6, 6.07) is -0.790. The zero-order chi connectivity index (χ0) is 31.6. The van der Waals surface area contributed by atoms with E-state index in [1.807, 2.05) is 6.08 Å². The predicted octanol–water partition coefficient (Wildman–Crippen LogP) is 10.1. The first kappa shape index (κ1) is 42.1. The maximum Gasteiger partial charge on any atom is 0.249 e. The van der Waals surface area contributed by atoms with E-state index in [2.05, 4.69) is 19.2 Å². The molecule has 1 amide bonds. The van der Waals surface area contributed by atoms with Crippen molar-refractivity contribution >= 4 is 5.91 Å². The Kier molecular flexibility index (Phi) is 33.3. The third-order valence-corrected chi connectivity index (χ3v) is 8.88. The second kappa shape index (κ2) is 34.0. The second-order valence-electron chi connectivity index (χ2n) is 13.1. The van der Waals surface area contributed by atoms with Gasteiger partial charge in [0.2, 0.25) is 5.91 Å². The van der Waals surface area contributed by atoms with Crippen molar-refractivity contribution in [1.29, 1.82) is 0 Å². The molecule has 0 aliphatic carbocycles. The molecule has 0 aliphatic rings. The molecule has 0 bridgehead atoms. The molecule has 0 aromatic heterocycles. The van der Waals surface area contributed by atoms with Crippen LogP contribution in [0.25, 0.3) is 0 Å². The first-order valence-corrected chi connectivity index (χ1v) is 19.0. The van der Waals surface area contributed by atoms with Crippen LogP contribution in [0.2, 0.25) is 0 Å². The molecule has 5 nitrogen and oxygen atoms in total. The van der Waals surface area contributed by atoms with E-state index in [1.54, 1.807) is 6.08 Å². The van der Waals surface area contributed by atoms with E-state index in [0.29, 0.717) is 6.42 Å². The highest BCUT2D eigenvalue weighted by molar-refractivity contribution is 5.80. The molecule has 0 radical (unpaired) electrons. The summed E-state index contributed by atoms with van der Waals surface area (Å²) in [6.45, 7) is 4.17. The van der Waals surface area contributed by atoms with Crippen LogP contribution in [-0.4, -0.2) is 46.1 Å². The normalized spacial score (nSPS) is 13.9. The number of nitrogens with one attached hydrogen (secondary N) is 1. The van der Waals surface area contributed by atoms with E-state index in [9.17, 15) is 20.1 Å². The summed E-state index contributed by atoms with van der Waals surface area (Å²) in [5.41, 5.74) is 0. The highest BCUT2D eigenvalue weighted by atomic mass is 16.3. The van der Waals surface area contributed by atoms with Crippen LogP contribution in [0.5, 0.6) is 0 Å². The highest BCUT2D eigenvalue weighted by Gasteiger charge is 2.22. The second-order valence-corrected chi connectivity index (χ2v) is 13.1. The van der Waals surface area contributed by atoms with Gasteiger partial charge in [0.05, 0.1) is 18.8 Å². The largest absolute Gasteiger partial charge is 0.394 e. The molecule has 5 heteroatoms. The third-order valence-electron chi connectivity index (χ3n) is 8.88. The smallest absolute Gasteiger partial charge is 0.249 e. The number of aliphatic hydroxyl groups is 3. The van der Waals surface area contributed by atoms with E-state index in [1.165, 1.54) is 148 Å². The van der Waals surface area contributed by atoms with Crippen molar-refractivity contribution in [1.82, 2.24) is 5.32 Å². The van der Waals surface area contributed by atoms with Gasteiger partial charge in [-0.3, -0.25) is 4.79 Å². The molecular weight excluding hydrogens is 534 g/mol. The molecule has 1 unspecified atom stereocenters. The minimum atomic E-state index is -1.09. The van der Waals surface area contributed by atoms with Crippen LogP contribution in [0.4, 0.5) is 0 Å². The van der Waals surface area contributed by atoms with E-state index in [0.717, 1.165) is 32.1 Å². The van der Waals surface area contributed by atoms with Crippen molar-refractivity contribution in [2.45, 2.75) is 218 Å². The Morgan fingerprint density at radius 3 is 1.28 bits per heavy atom. The lowest BCUT2D eigenvalue weighted by Gasteiger charge is -2.21. The number of amides is 1. The molecule has 43 heavy (non-hydrogen) atoms. The van der Waals surface area contributed by atoms with Crippen LogP contribution in [0, 0.1) is 0 Å². The summed E-state index contributed by atoms with van der Waals surface area (Å²) < 4.78 is 0. The Morgan fingerprint density at radius 2 is 0.907 bits per heavy atom. The number of allylic oxidation sites excluding steroid dienone is 1. The maximum absolute atomic E-state index is 12.4. The molecule has 0 aromatic rings. The molecule has 0 rings (SSSR count). The van der Waals surface area contributed by atoms with Crippen molar-refractivity contribution < 1.29 is 20.1 Å². The van der Waals surface area contributed by atoms with Crippen molar-refractivity contribution in [3.63, 3.8) is 0 Å². The van der Waals surface area contributed by atoms with Gasteiger partial charge in [-0.05, 0) is 19.3 Å². The molecule has 0 spiro atoms. The Labute approximate surface area is 268 Å². The van der Waals surface area contributed by atoms with Crippen LogP contribution in [-0.2, 0) is 4.79 Å². The standard InChI is InChI=1S/C38H75NO4/c1-3-5-7-9-11-13-15-17-18-19-21-23-25-27-29-31-33-37(42)38(43)39-35(34-40)36(41)32-30-28-26-24-22-20-16-14-12-10-8-6-4-2/h30,32,35-37,40-42H,3-29,31,33-34H2,1-2H3,(H,39,43)/b32-30+/t35-,36+,37?/m0/s1. The lowest BCUT2D eigenvalue weighted by atomic mass is 10.0. The van der Waals surface area contributed by atoms with Gasteiger partial charge in [-0.25, -0.2) is 0 Å². The average molecular weight is 610 g/mol. The average Bonchev–Trinajstić information content (AvgIpc) is 3.01. The van der Waals surface area contributed by atoms with Crippen LogP contribution in [0.3, 0.4) is 0 Å². The summed E-state index contributed by atoms with van der Waals surface area (Å²) in [4.78, 5) is 12.4. The van der Waals surface area contributed by atoms with Crippen molar-refractivity contribution in [3.8, 4) is 0 Å². The van der Waals surface area contributed by atoms with Crippen LogP contribution >= 0.6 is 0 Å². The Balaban J connectivity index is 3.70. The summed E-state index contributed by atoms with van der Waals surface area (Å²) in [7, 11) is 0. The Morgan fingerprint density at radius 1 is 0.558 bits per heavy atom. The number of hydrogen-bond acceptors (Lipinski definition) is 4. The number of carbonyl (C=O) groups is 1. The van der Waals surface area contributed by atoms with Crippen LogP contribution in [0.15, 0.2) is 12.2 Å². The topological polar surface area (TPSA) is 89.8 Å². The van der Waals surface area contributed by atoms with Gasteiger partial charge in [-0.1, -0.05) is 193 Å². The van der Waals surface area contributed by atoms with Crippen LogP contribution in [0.1, 0.15) is 200 Å². The minimum absolute atomic E-state index is 0.360.